The van der Waals surface area contributed by atoms with Crippen molar-refractivity contribution >= 4 is 27.4 Å². The quantitative estimate of drug-likeness (QED) is 0.763. The molecule has 3 aromatic heterocycles. The summed E-state index contributed by atoms with van der Waals surface area (Å²) in [7, 11) is 0. The maximum atomic E-state index is 11.5. The monoisotopic (exact) mass is 298 g/mol. The minimum Gasteiger partial charge on any atom is -0.362 e. The molecule has 0 fully saturated rings. The zero-order chi connectivity index (χ0) is 14.2. The summed E-state index contributed by atoms with van der Waals surface area (Å²) in [5, 5.41) is 5.55. The van der Waals surface area contributed by atoms with E-state index in [9.17, 15) is 4.79 Å². The second-order valence-corrected chi connectivity index (χ2v) is 6.12. The van der Waals surface area contributed by atoms with E-state index in [4.69, 9.17) is 0 Å². The van der Waals surface area contributed by atoms with Crippen LogP contribution in [0.25, 0.3) is 10.2 Å². The van der Waals surface area contributed by atoms with Crippen LogP contribution in [0.5, 0.6) is 0 Å². The zero-order valence-electron chi connectivity index (χ0n) is 11.3. The molecule has 0 aromatic carbocycles. The maximum absolute atomic E-state index is 11.5. The van der Waals surface area contributed by atoms with E-state index in [1.54, 1.807) is 23.7 Å². The molecule has 6 heteroatoms. The van der Waals surface area contributed by atoms with Crippen LogP contribution in [0.3, 0.4) is 0 Å². The van der Waals surface area contributed by atoms with Crippen LogP contribution in [-0.4, -0.2) is 15.0 Å². The van der Waals surface area contributed by atoms with Crippen LogP contribution < -0.4 is 10.9 Å². The molecule has 1 aliphatic carbocycles. The topological polar surface area (TPSA) is 70.7 Å². The lowest BCUT2D eigenvalue weighted by Crippen LogP contribution is -2.22. The van der Waals surface area contributed by atoms with Crippen LogP contribution in [0.1, 0.15) is 30.1 Å². The van der Waals surface area contributed by atoms with E-state index >= 15 is 0 Å². The van der Waals surface area contributed by atoms with Gasteiger partial charge in [0, 0.05) is 11.8 Å². The van der Waals surface area contributed by atoms with Gasteiger partial charge in [0.25, 0.3) is 0 Å². The highest BCUT2D eigenvalue weighted by molar-refractivity contribution is 7.17. The number of nitrogens with one attached hydrogen (secondary N) is 2. The first-order valence-corrected chi connectivity index (χ1v) is 7.86. The summed E-state index contributed by atoms with van der Waals surface area (Å²) in [5.74, 6) is 0.874. The van der Waals surface area contributed by atoms with E-state index in [-0.39, 0.29) is 11.6 Å². The molecule has 0 aliphatic heterocycles. The number of hydrogen-bond donors (Lipinski definition) is 2. The summed E-state index contributed by atoms with van der Waals surface area (Å²) in [5.41, 5.74) is 3.15. The Kier molecular flexibility index (Phi) is 2.96. The average Bonchev–Trinajstić information content (AvgIpc) is 2.97. The number of pyridine rings is 1. The first-order valence-electron chi connectivity index (χ1n) is 6.98. The molecular weight excluding hydrogens is 284 g/mol. The summed E-state index contributed by atoms with van der Waals surface area (Å²) in [4.78, 5) is 23.0. The molecule has 0 spiro atoms. The first kappa shape index (κ1) is 12.5. The van der Waals surface area contributed by atoms with Gasteiger partial charge in [-0.05, 0) is 42.3 Å². The van der Waals surface area contributed by atoms with E-state index in [0.29, 0.717) is 0 Å². The fourth-order valence-electron chi connectivity index (χ4n) is 2.91. The van der Waals surface area contributed by atoms with E-state index < -0.39 is 0 Å². The molecule has 2 N–H and O–H groups in total. The van der Waals surface area contributed by atoms with Crippen molar-refractivity contribution in [2.45, 2.75) is 25.3 Å². The van der Waals surface area contributed by atoms with Crippen LogP contribution >= 0.6 is 11.3 Å². The maximum Gasteiger partial charge on any atom is 0.248 e. The number of thiophene rings is 1. The average molecular weight is 298 g/mol. The third-order valence-electron chi connectivity index (χ3n) is 3.89. The van der Waals surface area contributed by atoms with Gasteiger partial charge in [-0.3, -0.25) is 4.79 Å². The van der Waals surface area contributed by atoms with Crippen molar-refractivity contribution in [3.05, 3.63) is 51.5 Å². The molecule has 106 valence electrons. The van der Waals surface area contributed by atoms with Gasteiger partial charge in [-0.2, -0.15) is 0 Å². The second kappa shape index (κ2) is 4.96. The van der Waals surface area contributed by atoms with Gasteiger partial charge in [-0.15, -0.1) is 11.3 Å². The number of nitrogens with zero attached hydrogens (tertiary/aromatic N) is 2. The molecular formula is C15H14N4OS. The predicted octanol–water partition coefficient (Wildman–Crippen LogP) is 2.87. The molecule has 0 saturated carbocycles. The van der Waals surface area contributed by atoms with Gasteiger partial charge < -0.3 is 10.3 Å². The standard InChI is InChI=1S/C15H14N4OS/c20-13-5-4-9-10(18-13)2-1-3-11(9)19-15-14-12(6-7-21-14)16-8-17-15/h4-8,11H,1-3H2,(H,18,20)(H,16,17,19)/t11-/m0/s1. The lowest BCUT2D eigenvalue weighted by molar-refractivity contribution is 0.586. The normalized spacial score (nSPS) is 17.6. The molecule has 0 bridgehead atoms. The van der Waals surface area contributed by atoms with Crippen LogP contribution in [0, 0.1) is 0 Å². The third-order valence-corrected chi connectivity index (χ3v) is 4.80. The lowest BCUT2D eigenvalue weighted by Gasteiger charge is -2.26. The Balaban J connectivity index is 1.73. The van der Waals surface area contributed by atoms with E-state index in [2.05, 4.69) is 20.3 Å². The van der Waals surface area contributed by atoms with Gasteiger partial charge in [0.1, 0.15) is 12.1 Å². The Labute approximate surface area is 125 Å². The largest absolute Gasteiger partial charge is 0.362 e. The van der Waals surface area contributed by atoms with Crippen LogP contribution in [0.2, 0.25) is 0 Å². The summed E-state index contributed by atoms with van der Waals surface area (Å²) >= 11 is 1.64. The van der Waals surface area contributed by atoms with Gasteiger partial charge >= 0.3 is 0 Å². The molecule has 0 saturated heterocycles. The number of fused-ring (bicyclic) bond motifs is 2. The summed E-state index contributed by atoms with van der Waals surface area (Å²) in [6.45, 7) is 0. The van der Waals surface area contributed by atoms with Crippen LogP contribution in [-0.2, 0) is 6.42 Å². The van der Waals surface area contributed by atoms with E-state index in [1.807, 2.05) is 17.5 Å². The highest BCUT2D eigenvalue weighted by atomic mass is 32.1. The predicted molar refractivity (Wildman–Crippen MR) is 83.8 cm³/mol. The minimum atomic E-state index is -0.0305. The van der Waals surface area contributed by atoms with Crippen molar-refractivity contribution in [3.8, 4) is 0 Å². The smallest absolute Gasteiger partial charge is 0.248 e. The van der Waals surface area contributed by atoms with E-state index in [0.717, 1.165) is 41.0 Å². The Hall–Kier alpha value is -2.21. The van der Waals surface area contributed by atoms with Crippen LogP contribution in [0.15, 0.2) is 34.7 Å². The number of aromatic amines is 1. The summed E-state index contributed by atoms with van der Waals surface area (Å²) < 4.78 is 1.08. The van der Waals surface area contributed by atoms with Crippen molar-refractivity contribution in [1.29, 1.82) is 0 Å². The molecule has 21 heavy (non-hydrogen) atoms. The number of rotatable bonds is 2. The molecule has 0 radical (unpaired) electrons. The molecule has 4 rings (SSSR count). The van der Waals surface area contributed by atoms with Gasteiger partial charge in [-0.25, -0.2) is 9.97 Å². The molecule has 1 atom stereocenters. The Morgan fingerprint density at radius 1 is 1.29 bits per heavy atom. The van der Waals surface area contributed by atoms with E-state index in [1.165, 1.54) is 5.56 Å². The van der Waals surface area contributed by atoms with Gasteiger partial charge in [0.15, 0.2) is 0 Å². The second-order valence-electron chi connectivity index (χ2n) is 5.20. The number of aromatic nitrogens is 3. The van der Waals surface area contributed by atoms with Crippen molar-refractivity contribution in [2.24, 2.45) is 0 Å². The van der Waals surface area contributed by atoms with Gasteiger partial charge in [0.05, 0.1) is 16.3 Å². The molecule has 0 unspecified atom stereocenters. The van der Waals surface area contributed by atoms with Gasteiger partial charge in [0.2, 0.25) is 5.56 Å². The number of aryl methyl sites for hydroxylation is 1. The number of H-pyrrole nitrogens is 1. The Bertz CT molecular complexity index is 854. The molecule has 3 heterocycles. The molecule has 0 amide bonds. The molecule has 1 aliphatic rings. The Morgan fingerprint density at radius 3 is 3.19 bits per heavy atom. The number of anilines is 1. The fraction of sp³-hybridized carbons (Fsp3) is 0.267. The summed E-state index contributed by atoms with van der Waals surface area (Å²) in [6.07, 6.45) is 4.62. The zero-order valence-corrected chi connectivity index (χ0v) is 12.1. The van der Waals surface area contributed by atoms with Crippen molar-refractivity contribution < 1.29 is 0 Å². The highest BCUT2D eigenvalue weighted by Gasteiger charge is 2.21. The lowest BCUT2D eigenvalue weighted by atomic mass is 9.91. The molecule has 3 aromatic rings. The SMILES string of the molecule is O=c1ccc2c([nH]1)CCC[C@@H]2Nc1ncnc2ccsc12. The first-order chi connectivity index (χ1) is 10.3. The number of hydrogen-bond acceptors (Lipinski definition) is 5. The van der Waals surface area contributed by atoms with Crippen molar-refractivity contribution in [1.82, 2.24) is 15.0 Å². The fourth-order valence-corrected chi connectivity index (χ4v) is 3.70. The van der Waals surface area contributed by atoms with Crippen molar-refractivity contribution in [2.75, 3.05) is 5.32 Å². The summed E-state index contributed by atoms with van der Waals surface area (Å²) in [6, 6.07) is 5.71. The van der Waals surface area contributed by atoms with Crippen LogP contribution in [0.4, 0.5) is 5.82 Å². The van der Waals surface area contributed by atoms with Gasteiger partial charge in [-0.1, -0.05) is 0 Å². The highest BCUT2D eigenvalue weighted by Crippen LogP contribution is 2.33. The third kappa shape index (κ3) is 2.21. The Morgan fingerprint density at radius 2 is 2.24 bits per heavy atom. The van der Waals surface area contributed by atoms with Crippen molar-refractivity contribution in [3.63, 3.8) is 0 Å². The minimum absolute atomic E-state index is 0.0305. The molecule has 5 nitrogen and oxygen atoms in total.